The summed E-state index contributed by atoms with van der Waals surface area (Å²) in [5, 5.41) is 2.74. The van der Waals surface area contributed by atoms with Crippen LogP contribution in [0.4, 0.5) is 4.39 Å². The summed E-state index contributed by atoms with van der Waals surface area (Å²) in [5.74, 6) is -0.362. The fourth-order valence-electron chi connectivity index (χ4n) is 0.671. The van der Waals surface area contributed by atoms with E-state index in [2.05, 4.69) is 5.32 Å². The lowest BCUT2D eigenvalue weighted by atomic mass is 10.2. The van der Waals surface area contributed by atoms with Crippen LogP contribution in [-0.4, -0.2) is 6.54 Å². The average Bonchev–Trinajstić information content (AvgIpc) is 1.83. The van der Waals surface area contributed by atoms with Crippen LogP contribution in [0.3, 0.4) is 0 Å². The predicted molar refractivity (Wildman–Crippen MR) is 34.1 cm³/mol. The van der Waals surface area contributed by atoms with Crippen LogP contribution in [0.2, 0.25) is 0 Å². The summed E-state index contributed by atoms with van der Waals surface area (Å²) in [6.45, 7) is 2.45. The van der Waals surface area contributed by atoms with Crippen molar-refractivity contribution in [3.63, 3.8) is 0 Å². The minimum atomic E-state index is -0.362. The van der Waals surface area contributed by atoms with Gasteiger partial charge in [-0.1, -0.05) is 0 Å². The molecule has 0 aromatic heterocycles. The van der Waals surface area contributed by atoms with Crippen molar-refractivity contribution in [2.24, 2.45) is 5.73 Å². The molecule has 0 aliphatic carbocycles. The van der Waals surface area contributed by atoms with Crippen molar-refractivity contribution in [3.05, 3.63) is 23.3 Å². The molecule has 9 heavy (non-hydrogen) atoms. The Bertz CT molecular complexity index is 181. The first-order valence-corrected chi connectivity index (χ1v) is 2.76. The molecule has 1 aliphatic rings. The molecule has 0 saturated heterocycles. The summed E-state index contributed by atoms with van der Waals surface area (Å²) in [5.41, 5.74) is 6.45. The molecule has 0 spiro atoms. The molecule has 2 nitrogen and oxygen atoms in total. The third-order valence-corrected chi connectivity index (χ3v) is 1.31. The highest BCUT2D eigenvalue weighted by Gasteiger charge is 2.07. The summed E-state index contributed by atoms with van der Waals surface area (Å²) >= 11 is 0. The first-order chi connectivity index (χ1) is 4.22. The van der Waals surface area contributed by atoms with Gasteiger partial charge >= 0.3 is 0 Å². The molecular formula is C6H9FN2. The first kappa shape index (κ1) is 6.13. The average molecular weight is 128 g/mol. The summed E-state index contributed by atoms with van der Waals surface area (Å²) in [4.78, 5) is 0. The van der Waals surface area contributed by atoms with Crippen molar-refractivity contribution in [1.29, 1.82) is 0 Å². The second-order valence-electron chi connectivity index (χ2n) is 2.07. The van der Waals surface area contributed by atoms with Gasteiger partial charge in [-0.3, -0.25) is 0 Å². The van der Waals surface area contributed by atoms with Gasteiger partial charge in [0.1, 0.15) is 0 Å². The fraction of sp³-hybridized carbons (Fsp3) is 0.333. The molecule has 1 rings (SSSR count). The maximum Gasteiger partial charge on any atom is 0.161 e. The van der Waals surface area contributed by atoms with Crippen LogP contribution in [0.5, 0.6) is 0 Å². The zero-order valence-corrected chi connectivity index (χ0v) is 5.24. The van der Waals surface area contributed by atoms with Crippen molar-refractivity contribution in [3.8, 4) is 0 Å². The van der Waals surface area contributed by atoms with E-state index >= 15 is 0 Å². The minimum absolute atomic E-state index is 0.272. The van der Waals surface area contributed by atoms with Crippen LogP contribution in [0, 0.1) is 0 Å². The summed E-state index contributed by atoms with van der Waals surface area (Å²) < 4.78 is 12.4. The zero-order chi connectivity index (χ0) is 6.85. The quantitative estimate of drug-likeness (QED) is 0.502. The monoisotopic (exact) mass is 128 g/mol. The van der Waals surface area contributed by atoms with Crippen molar-refractivity contribution in [2.75, 3.05) is 6.54 Å². The molecule has 3 heteroatoms. The molecule has 50 valence electrons. The normalized spacial score (nSPS) is 19.1. The molecule has 0 atom stereocenters. The minimum Gasteiger partial charge on any atom is -0.396 e. The molecular weight excluding hydrogens is 119 g/mol. The molecule has 1 heterocycles. The van der Waals surface area contributed by atoms with Gasteiger partial charge in [-0.15, -0.1) is 0 Å². The predicted octanol–water partition coefficient (Wildman–Crippen LogP) is 0.633. The molecule has 0 saturated carbocycles. The maximum absolute atomic E-state index is 12.4. The Balaban J connectivity index is 2.88. The SMILES string of the molecule is CC1=C(N)C(F)=CNC1. The molecule has 0 radical (unpaired) electrons. The van der Waals surface area contributed by atoms with Gasteiger partial charge in [0.2, 0.25) is 0 Å². The fourth-order valence-corrected chi connectivity index (χ4v) is 0.671. The van der Waals surface area contributed by atoms with Crippen LogP contribution < -0.4 is 11.1 Å². The Morgan fingerprint density at radius 2 is 2.44 bits per heavy atom. The molecule has 0 fully saturated rings. The van der Waals surface area contributed by atoms with Crippen molar-refractivity contribution < 1.29 is 4.39 Å². The van der Waals surface area contributed by atoms with Gasteiger partial charge in [0.25, 0.3) is 0 Å². The van der Waals surface area contributed by atoms with E-state index in [1.165, 1.54) is 6.20 Å². The van der Waals surface area contributed by atoms with Crippen molar-refractivity contribution >= 4 is 0 Å². The van der Waals surface area contributed by atoms with Gasteiger partial charge in [0.15, 0.2) is 5.83 Å². The lowest BCUT2D eigenvalue weighted by Gasteiger charge is -2.11. The van der Waals surface area contributed by atoms with Gasteiger partial charge in [0, 0.05) is 12.7 Å². The van der Waals surface area contributed by atoms with E-state index in [1.807, 2.05) is 0 Å². The molecule has 0 aromatic carbocycles. The third-order valence-electron chi connectivity index (χ3n) is 1.31. The molecule has 0 aromatic rings. The Hall–Kier alpha value is -0.990. The highest BCUT2D eigenvalue weighted by Crippen LogP contribution is 2.12. The van der Waals surface area contributed by atoms with Gasteiger partial charge in [-0.2, -0.15) is 0 Å². The lowest BCUT2D eigenvalue weighted by Crippen LogP contribution is -2.19. The highest BCUT2D eigenvalue weighted by atomic mass is 19.1. The van der Waals surface area contributed by atoms with Gasteiger partial charge in [0.05, 0.1) is 5.70 Å². The van der Waals surface area contributed by atoms with Crippen LogP contribution in [0.25, 0.3) is 0 Å². The lowest BCUT2D eigenvalue weighted by molar-refractivity contribution is 0.620. The largest absolute Gasteiger partial charge is 0.396 e. The number of nitrogens with two attached hydrogens (primary N) is 1. The summed E-state index contributed by atoms with van der Waals surface area (Å²) in [6, 6.07) is 0. The highest BCUT2D eigenvalue weighted by molar-refractivity contribution is 5.30. The number of dihydropyridines is 1. The van der Waals surface area contributed by atoms with E-state index in [0.29, 0.717) is 6.54 Å². The number of halogens is 1. The van der Waals surface area contributed by atoms with Crippen LogP contribution in [0.1, 0.15) is 6.92 Å². The number of allylic oxidation sites excluding steroid dienone is 1. The van der Waals surface area contributed by atoms with Gasteiger partial charge in [-0.25, -0.2) is 4.39 Å². The topological polar surface area (TPSA) is 38.0 Å². The summed E-state index contributed by atoms with van der Waals surface area (Å²) in [7, 11) is 0. The van der Waals surface area contributed by atoms with E-state index < -0.39 is 0 Å². The molecule has 0 unspecified atom stereocenters. The van der Waals surface area contributed by atoms with E-state index in [9.17, 15) is 4.39 Å². The van der Waals surface area contributed by atoms with E-state index in [-0.39, 0.29) is 11.5 Å². The zero-order valence-electron chi connectivity index (χ0n) is 5.24. The Labute approximate surface area is 53.2 Å². The first-order valence-electron chi connectivity index (χ1n) is 2.76. The van der Waals surface area contributed by atoms with Crippen molar-refractivity contribution in [2.45, 2.75) is 6.92 Å². The van der Waals surface area contributed by atoms with E-state index in [0.717, 1.165) is 5.57 Å². The molecule has 0 bridgehead atoms. The second kappa shape index (κ2) is 2.09. The van der Waals surface area contributed by atoms with E-state index in [1.54, 1.807) is 6.92 Å². The molecule has 3 N–H and O–H groups in total. The van der Waals surface area contributed by atoms with E-state index in [4.69, 9.17) is 5.73 Å². The Morgan fingerprint density at radius 1 is 1.78 bits per heavy atom. The van der Waals surface area contributed by atoms with Crippen LogP contribution in [0.15, 0.2) is 23.3 Å². The Kier molecular flexibility index (Phi) is 1.42. The number of nitrogens with one attached hydrogen (secondary N) is 1. The maximum atomic E-state index is 12.4. The standard InChI is InChI=1S/C6H9FN2/c1-4-2-9-3-5(7)6(4)8/h3,9H,2,8H2,1H3. The molecule has 0 amide bonds. The smallest absolute Gasteiger partial charge is 0.161 e. The number of hydrogen-bond acceptors (Lipinski definition) is 2. The second-order valence-corrected chi connectivity index (χ2v) is 2.07. The van der Waals surface area contributed by atoms with Gasteiger partial charge in [-0.05, 0) is 12.5 Å². The van der Waals surface area contributed by atoms with Crippen LogP contribution >= 0.6 is 0 Å². The third kappa shape index (κ3) is 1.04. The number of hydrogen-bond donors (Lipinski definition) is 2. The number of rotatable bonds is 0. The van der Waals surface area contributed by atoms with Crippen LogP contribution in [-0.2, 0) is 0 Å². The Morgan fingerprint density at radius 3 is 2.89 bits per heavy atom. The summed E-state index contributed by atoms with van der Waals surface area (Å²) in [6.07, 6.45) is 1.28. The van der Waals surface area contributed by atoms with Crippen molar-refractivity contribution in [1.82, 2.24) is 5.32 Å². The van der Waals surface area contributed by atoms with Gasteiger partial charge < -0.3 is 11.1 Å². The molecule has 1 aliphatic heterocycles.